The molecule has 0 heterocycles. The highest BCUT2D eigenvalue weighted by Gasteiger charge is 2.09. The summed E-state index contributed by atoms with van der Waals surface area (Å²) in [5, 5.41) is 0. The number of aryl methyl sites for hydroxylation is 4. The van der Waals surface area contributed by atoms with Gasteiger partial charge in [0.2, 0.25) is 0 Å². The van der Waals surface area contributed by atoms with Gasteiger partial charge in [-0.15, -0.1) is 0 Å². The minimum atomic E-state index is 0.910. The van der Waals surface area contributed by atoms with Crippen LogP contribution in [0.2, 0.25) is 0 Å². The third-order valence-corrected chi connectivity index (χ3v) is 11.5. The minimum absolute atomic E-state index is 0.910. The highest BCUT2D eigenvalue weighted by atomic mass is 14.4. The Balaban J connectivity index is 0.000000225. The van der Waals surface area contributed by atoms with Gasteiger partial charge in [-0.3, -0.25) is 0 Å². The second kappa shape index (κ2) is 24.5. The molecule has 0 amide bonds. The maximum absolute atomic E-state index is 4.50. The van der Waals surface area contributed by atoms with E-state index in [4.69, 9.17) is 0 Å². The van der Waals surface area contributed by atoms with Crippen molar-refractivity contribution in [3.63, 3.8) is 0 Å². The summed E-state index contributed by atoms with van der Waals surface area (Å²) in [5.41, 5.74) is 25.2. The van der Waals surface area contributed by atoms with Crippen molar-refractivity contribution in [2.45, 2.75) is 53.4 Å². The van der Waals surface area contributed by atoms with Gasteiger partial charge in [0.15, 0.2) is 0 Å². The van der Waals surface area contributed by atoms with Crippen LogP contribution in [0.4, 0.5) is 0 Å². The van der Waals surface area contributed by atoms with Gasteiger partial charge in [0, 0.05) is 0 Å². The van der Waals surface area contributed by atoms with E-state index in [0.717, 1.165) is 19.3 Å². The van der Waals surface area contributed by atoms with Gasteiger partial charge >= 0.3 is 0 Å². The minimum Gasteiger partial charge on any atom is -0.333 e. The van der Waals surface area contributed by atoms with Crippen LogP contribution in [0.25, 0.3) is 67.8 Å². The van der Waals surface area contributed by atoms with Crippen molar-refractivity contribution in [3.8, 4) is 55.6 Å². The third-order valence-electron chi connectivity index (χ3n) is 11.5. The second-order valence-corrected chi connectivity index (χ2v) is 15.9. The molecular formula is C63H63N. The Labute approximate surface area is 384 Å². The number of rotatable bonds is 13. The van der Waals surface area contributed by atoms with Gasteiger partial charge in [-0.25, -0.2) is 0 Å². The summed E-state index contributed by atoms with van der Waals surface area (Å²) in [7, 11) is 1.50. The van der Waals surface area contributed by atoms with Gasteiger partial charge in [-0.05, 0) is 135 Å². The quantitative estimate of drug-likeness (QED) is 0.115. The van der Waals surface area contributed by atoms with Gasteiger partial charge < -0.3 is 5.73 Å². The van der Waals surface area contributed by atoms with E-state index in [1.807, 2.05) is 0 Å². The fourth-order valence-corrected chi connectivity index (χ4v) is 7.80. The molecule has 0 aromatic heterocycles. The summed E-state index contributed by atoms with van der Waals surface area (Å²) in [6.07, 6.45) is 17.2. The zero-order chi connectivity index (χ0) is 44.9. The monoisotopic (exact) mass is 833 g/mol. The molecule has 8 aromatic carbocycles. The zero-order valence-electron chi connectivity index (χ0n) is 38.3. The Morgan fingerprint density at radius 3 is 1.50 bits per heavy atom. The Kier molecular flexibility index (Phi) is 17.8. The van der Waals surface area contributed by atoms with Crippen molar-refractivity contribution in [1.82, 2.24) is 0 Å². The lowest BCUT2D eigenvalue weighted by Gasteiger charge is -2.14. The first-order valence-electron chi connectivity index (χ1n) is 22.8. The molecule has 0 atom stereocenters. The molecule has 0 aliphatic rings. The number of hydrogen-bond acceptors (Lipinski definition) is 1. The SMILES string of the molecule is CCCc1ccccc1-c1cc(-c2ccc(CC)cc2)ccc1C.CN.Cc1ccccc1/C=C\C=C\C/C=C\c1ccc(-c2ccc(-c3ccc(-c4ccccc4)cc3)cc2)cc1. The summed E-state index contributed by atoms with van der Waals surface area (Å²) in [4.78, 5) is 0. The molecule has 0 aliphatic heterocycles. The van der Waals surface area contributed by atoms with E-state index in [9.17, 15) is 0 Å². The van der Waals surface area contributed by atoms with E-state index < -0.39 is 0 Å². The lowest BCUT2D eigenvalue weighted by Crippen LogP contribution is -1.92. The maximum atomic E-state index is 4.50. The van der Waals surface area contributed by atoms with Crippen LogP contribution in [-0.4, -0.2) is 7.05 Å². The number of hydrogen-bond donors (Lipinski definition) is 1. The zero-order valence-corrected chi connectivity index (χ0v) is 38.3. The number of allylic oxidation sites excluding steroid dienone is 4. The summed E-state index contributed by atoms with van der Waals surface area (Å²) in [6.45, 7) is 8.79. The Morgan fingerprint density at radius 2 is 0.906 bits per heavy atom. The predicted molar refractivity (Wildman–Crippen MR) is 281 cm³/mol. The van der Waals surface area contributed by atoms with Crippen LogP contribution >= 0.6 is 0 Å². The molecule has 8 aromatic rings. The molecule has 2 N–H and O–H groups in total. The largest absolute Gasteiger partial charge is 0.333 e. The molecule has 0 fully saturated rings. The average molecular weight is 834 g/mol. The van der Waals surface area contributed by atoms with Crippen molar-refractivity contribution in [1.29, 1.82) is 0 Å². The highest BCUT2D eigenvalue weighted by Crippen LogP contribution is 2.33. The van der Waals surface area contributed by atoms with Crippen LogP contribution in [0.3, 0.4) is 0 Å². The van der Waals surface area contributed by atoms with Gasteiger partial charge in [-0.1, -0.05) is 245 Å². The van der Waals surface area contributed by atoms with Crippen molar-refractivity contribution in [3.05, 3.63) is 252 Å². The normalized spacial score (nSPS) is 11.0. The Morgan fingerprint density at radius 1 is 0.406 bits per heavy atom. The van der Waals surface area contributed by atoms with E-state index in [0.29, 0.717) is 0 Å². The van der Waals surface area contributed by atoms with Crippen LogP contribution in [0.15, 0.2) is 218 Å². The third kappa shape index (κ3) is 13.0. The molecule has 0 radical (unpaired) electrons. The highest BCUT2D eigenvalue weighted by molar-refractivity contribution is 5.78. The van der Waals surface area contributed by atoms with E-state index >= 15 is 0 Å². The van der Waals surface area contributed by atoms with Crippen molar-refractivity contribution < 1.29 is 0 Å². The molecule has 1 heteroatoms. The lowest BCUT2D eigenvalue weighted by atomic mass is 9.91. The first-order valence-corrected chi connectivity index (χ1v) is 22.8. The summed E-state index contributed by atoms with van der Waals surface area (Å²) in [5.74, 6) is 0. The van der Waals surface area contributed by atoms with Crippen LogP contribution in [0.5, 0.6) is 0 Å². The molecule has 320 valence electrons. The molecule has 0 aliphatic carbocycles. The van der Waals surface area contributed by atoms with Crippen molar-refractivity contribution in [2.75, 3.05) is 7.05 Å². The molecule has 1 nitrogen and oxygen atoms in total. The maximum Gasteiger partial charge on any atom is -0.0146 e. The molecule has 0 bridgehead atoms. The second-order valence-electron chi connectivity index (χ2n) is 15.9. The van der Waals surface area contributed by atoms with E-state index in [-0.39, 0.29) is 0 Å². The van der Waals surface area contributed by atoms with Crippen LogP contribution in [0, 0.1) is 13.8 Å². The lowest BCUT2D eigenvalue weighted by molar-refractivity contribution is 0.923. The molecule has 0 saturated carbocycles. The number of nitrogens with two attached hydrogens (primary N) is 1. The van der Waals surface area contributed by atoms with E-state index in [2.05, 4.69) is 264 Å². The average Bonchev–Trinajstić information content (AvgIpc) is 3.36. The van der Waals surface area contributed by atoms with Crippen molar-refractivity contribution >= 4 is 12.2 Å². The topological polar surface area (TPSA) is 26.0 Å². The first kappa shape index (κ1) is 46.4. The Bertz CT molecular complexity index is 2710. The number of benzene rings is 8. The molecule has 64 heavy (non-hydrogen) atoms. The molecule has 0 unspecified atom stereocenters. The summed E-state index contributed by atoms with van der Waals surface area (Å²) in [6, 6.07) is 70.0. The molecule has 0 spiro atoms. The van der Waals surface area contributed by atoms with Crippen molar-refractivity contribution in [2.24, 2.45) is 5.73 Å². The van der Waals surface area contributed by atoms with Gasteiger partial charge in [0.25, 0.3) is 0 Å². The molecule has 8 rings (SSSR count). The molecular weight excluding hydrogens is 771 g/mol. The molecule has 0 saturated heterocycles. The fraction of sp³-hybridized carbons (Fsp3) is 0.143. The van der Waals surface area contributed by atoms with E-state index in [1.165, 1.54) is 102 Å². The first-order chi connectivity index (χ1) is 31.5. The van der Waals surface area contributed by atoms with Crippen LogP contribution in [-0.2, 0) is 12.8 Å². The smallest absolute Gasteiger partial charge is 0.0146 e. The van der Waals surface area contributed by atoms with Gasteiger partial charge in [0.05, 0.1) is 0 Å². The van der Waals surface area contributed by atoms with Crippen LogP contribution in [0.1, 0.15) is 60.1 Å². The van der Waals surface area contributed by atoms with E-state index in [1.54, 1.807) is 0 Å². The standard InChI is InChI=1S/C38H32.C24H26.CH5N/c1-30-12-10-11-15-32(30)14-7-4-2-3-6-13-31-18-20-34(21-19-31)36-26-28-38(29-27-36)37-24-22-35(23-25-37)33-16-8-5-9-17-33;1-4-8-21-9-6-7-10-23(21)24-17-22(14-11-18(24)3)20-15-12-19(5-2)13-16-20;1-2/h2,4-29H,3H2,1H3;6-7,9-17H,4-5,8H2,1-3H3;2H2,1H3/b4-2+,13-6-,14-7-;;. The Hall–Kier alpha value is -7.06. The van der Waals surface area contributed by atoms with Gasteiger partial charge in [0.1, 0.15) is 0 Å². The van der Waals surface area contributed by atoms with Crippen LogP contribution < -0.4 is 5.73 Å². The fourth-order valence-electron chi connectivity index (χ4n) is 7.80. The van der Waals surface area contributed by atoms with Gasteiger partial charge in [-0.2, -0.15) is 0 Å². The summed E-state index contributed by atoms with van der Waals surface area (Å²) < 4.78 is 0. The summed E-state index contributed by atoms with van der Waals surface area (Å²) >= 11 is 0. The predicted octanol–water partition coefficient (Wildman–Crippen LogP) is 17.1.